The number of aliphatic carboxylic acids is 4. The molecule has 0 aliphatic heterocycles. The molecule has 22 nitrogen and oxygen atoms in total. The smallest absolute Gasteiger partial charge is 0.326 e. The highest BCUT2D eigenvalue weighted by Crippen LogP contribution is 2.41. The molecule has 0 bridgehead atoms. The third-order valence-electron chi connectivity index (χ3n) is 14.3. The Morgan fingerprint density at radius 2 is 1.35 bits per heavy atom. The van der Waals surface area contributed by atoms with E-state index in [1.165, 1.54) is 14.2 Å². The molecule has 0 radical (unpaired) electrons. The fourth-order valence-electron chi connectivity index (χ4n) is 9.90. The van der Waals surface area contributed by atoms with Crippen LogP contribution in [0.2, 0.25) is 0 Å². The predicted octanol–water partition coefficient (Wildman–Crippen LogP) is 4.94. The van der Waals surface area contributed by atoms with Gasteiger partial charge in [0.05, 0.1) is 50.8 Å². The van der Waals surface area contributed by atoms with E-state index in [1.54, 1.807) is 69.9 Å². The first-order valence-corrected chi connectivity index (χ1v) is 27.1. The molecule has 0 saturated heterocycles. The van der Waals surface area contributed by atoms with Crippen LogP contribution in [-0.2, 0) is 24.0 Å². The van der Waals surface area contributed by atoms with Crippen molar-refractivity contribution in [3.05, 3.63) is 59.3 Å². The summed E-state index contributed by atoms with van der Waals surface area (Å²) in [5, 5.41) is 48.3. The summed E-state index contributed by atoms with van der Waals surface area (Å²) in [4.78, 5) is 96.9. The number of amides is 3. The summed E-state index contributed by atoms with van der Waals surface area (Å²) in [5.41, 5.74) is 2.87. The van der Waals surface area contributed by atoms with Crippen molar-refractivity contribution in [3.8, 4) is 28.4 Å². The first-order chi connectivity index (χ1) is 37.1. The minimum absolute atomic E-state index is 0.00879. The van der Waals surface area contributed by atoms with Gasteiger partial charge in [-0.1, -0.05) is 46.1 Å². The molecule has 3 amide bonds. The number of ether oxygens (including phenoxy) is 2. The van der Waals surface area contributed by atoms with E-state index in [9.17, 15) is 43.8 Å². The minimum atomic E-state index is -1.09. The van der Waals surface area contributed by atoms with Crippen LogP contribution in [0.5, 0.6) is 11.5 Å². The summed E-state index contributed by atoms with van der Waals surface area (Å²) in [6.07, 6.45) is 6.91. The molecule has 22 heteroatoms. The maximum atomic E-state index is 14.0. The van der Waals surface area contributed by atoms with Gasteiger partial charge in [0.15, 0.2) is 5.69 Å². The molecule has 6 N–H and O–H groups in total. The van der Waals surface area contributed by atoms with Gasteiger partial charge in [0.2, 0.25) is 5.91 Å². The standard InChI is InChI=1S/C56H85N9O13/c1-38(2)42-33-41(21-22-44(42)65-45(52-46(77-7)19-12-20-47(52)78-8)34-43(59-65)54(73)58-53(56(75)76)40-17-10-9-11-18-40)55(74)62(6)27-15-25-60(4)24-14-26-61(5)48(66)36-64(29-23-57-35-50(69)70)31-30-63(37-51(71)72)28-13-16-39(3)32-49(67)68/h12,19-22,33-34,38-40,53,57H,9-11,13-18,23-32,35-37H2,1-8H3,(H,58,73)(H,67,68)(H,69,70)(H,71,72)(H,75,76)/t39?,53-/m0/s1. The van der Waals surface area contributed by atoms with E-state index in [2.05, 4.69) is 15.5 Å². The van der Waals surface area contributed by atoms with Crippen molar-refractivity contribution in [2.45, 2.75) is 96.9 Å². The van der Waals surface area contributed by atoms with Gasteiger partial charge in [0.1, 0.15) is 17.5 Å². The summed E-state index contributed by atoms with van der Waals surface area (Å²) < 4.78 is 13.2. The first-order valence-electron chi connectivity index (χ1n) is 27.1. The third-order valence-corrected chi connectivity index (χ3v) is 14.3. The molecule has 2 aromatic carbocycles. The highest BCUT2D eigenvalue weighted by atomic mass is 16.5. The van der Waals surface area contributed by atoms with Crippen molar-refractivity contribution in [3.63, 3.8) is 0 Å². The first kappa shape index (κ1) is 63.9. The quantitative estimate of drug-likeness (QED) is 0.0421. The van der Waals surface area contributed by atoms with Crippen molar-refractivity contribution in [1.29, 1.82) is 0 Å². The summed E-state index contributed by atoms with van der Waals surface area (Å²) in [5.74, 6) is -4.31. The zero-order chi connectivity index (χ0) is 57.5. The number of methoxy groups -OCH3 is 2. The number of benzene rings is 2. The zero-order valence-corrected chi connectivity index (χ0v) is 47.0. The van der Waals surface area contributed by atoms with E-state index in [1.807, 2.05) is 38.8 Å². The molecular formula is C56H85N9O13. The van der Waals surface area contributed by atoms with Crippen molar-refractivity contribution in [2.75, 3.05) is 114 Å². The molecule has 1 aliphatic rings. The minimum Gasteiger partial charge on any atom is -0.496 e. The maximum Gasteiger partial charge on any atom is 0.326 e. The molecule has 4 rings (SSSR count). The monoisotopic (exact) mass is 1090 g/mol. The topological polar surface area (TPSA) is 277 Å². The molecule has 1 aromatic heterocycles. The van der Waals surface area contributed by atoms with Crippen LogP contribution in [-0.4, -0.2) is 216 Å². The van der Waals surface area contributed by atoms with Crippen LogP contribution in [0.3, 0.4) is 0 Å². The molecule has 78 heavy (non-hydrogen) atoms. The molecule has 1 unspecified atom stereocenters. The Morgan fingerprint density at radius 1 is 0.718 bits per heavy atom. The fraction of sp³-hybridized carbons (Fsp3) is 0.607. The number of nitrogens with zero attached hydrogens (tertiary/aromatic N) is 7. The van der Waals surface area contributed by atoms with Crippen molar-refractivity contribution in [1.82, 2.24) is 44.9 Å². The van der Waals surface area contributed by atoms with E-state index in [-0.39, 0.29) is 61.3 Å². The number of rotatable bonds is 36. The molecule has 1 saturated carbocycles. The Bertz CT molecular complexity index is 2440. The van der Waals surface area contributed by atoms with Crippen LogP contribution in [0, 0.1) is 11.8 Å². The highest BCUT2D eigenvalue weighted by molar-refractivity contribution is 5.97. The van der Waals surface area contributed by atoms with Gasteiger partial charge in [-0.15, -0.1) is 0 Å². The Morgan fingerprint density at radius 3 is 1.92 bits per heavy atom. The largest absolute Gasteiger partial charge is 0.496 e. The lowest BCUT2D eigenvalue weighted by Crippen LogP contribution is -2.46. The van der Waals surface area contributed by atoms with Gasteiger partial charge in [-0.2, -0.15) is 5.10 Å². The molecule has 1 heterocycles. The normalized spacial score (nSPS) is 13.6. The van der Waals surface area contributed by atoms with Crippen LogP contribution < -0.4 is 20.1 Å². The Kier molecular flexibility index (Phi) is 26.5. The summed E-state index contributed by atoms with van der Waals surface area (Å²) in [6, 6.07) is 11.3. The number of carbonyl (C=O) groups excluding carboxylic acids is 3. The van der Waals surface area contributed by atoms with Crippen molar-refractivity contribution >= 4 is 41.6 Å². The fourth-order valence-corrected chi connectivity index (χ4v) is 9.90. The highest BCUT2D eigenvalue weighted by Gasteiger charge is 2.33. The lowest BCUT2D eigenvalue weighted by molar-refractivity contribution is -0.141. The Hall–Kier alpha value is -6.62. The van der Waals surface area contributed by atoms with Crippen LogP contribution in [0.4, 0.5) is 0 Å². The van der Waals surface area contributed by atoms with Gasteiger partial charge in [-0.05, 0) is 125 Å². The Labute approximate surface area is 459 Å². The predicted molar refractivity (Wildman–Crippen MR) is 295 cm³/mol. The van der Waals surface area contributed by atoms with Gasteiger partial charge in [0, 0.05) is 65.3 Å². The zero-order valence-electron chi connectivity index (χ0n) is 47.0. The van der Waals surface area contributed by atoms with Crippen LogP contribution in [0.15, 0.2) is 42.5 Å². The van der Waals surface area contributed by atoms with Gasteiger partial charge in [0.25, 0.3) is 11.8 Å². The van der Waals surface area contributed by atoms with E-state index in [4.69, 9.17) is 24.8 Å². The summed E-state index contributed by atoms with van der Waals surface area (Å²) in [6.45, 7) is 9.63. The van der Waals surface area contributed by atoms with Gasteiger partial charge < -0.3 is 55.2 Å². The van der Waals surface area contributed by atoms with Crippen LogP contribution in [0.1, 0.15) is 117 Å². The summed E-state index contributed by atoms with van der Waals surface area (Å²) >= 11 is 0. The second-order valence-electron chi connectivity index (χ2n) is 20.9. The number of likely N-dealkylation sites (N-methyl/N-ethyl adjacent to an activating group) is 1. The van der Waals surface area contributed by atoms with E-state index < -0.39 is 35.8 Å². The maximum absolute atomic E-state index is 14.0. The number of aromatic nitrogens is 2. The van der Waals surface area contributed by atoms with E-state index in [0.29, 0.717) is 131 Å². The Balaban J connectivity index is 1.38. The SMILES string of the molecule is COc1cccc(OC)c1-c1cc(C(=O)N[C@H](C(=O)O)C2CCCCC2)nn1-c1ccc(C(=O)N(C)CCCN(C)CCCN(C)C(=O)CN(CCNCC(=O)O)CCN(CCCC(C)CC(=O)O)CC(=O)O)cc1C(C)C. The van der Waals surface area contributed by atoms with E-state index >= 15 is 0 Å². The van der Waals surface area contributed by atoms with Crippen molar-refractivity contribution in [2.24, 2.45) is 11.8 Å². The molecule has 2 atom stereocenters. The van der Waals surface area contributed by atoms with Gasteiger partial charge >= 0.3 is 23.9 Å². The van der Waals surface area contributed by atoms with Gasteiger partial charge in [-0.25, -0.2) is 9.48 Å². The lowest BCUT2D eigenvalue weighted by Gasteiger charge is -2.28. The second kappa shape index (κ2) is 32.3. The molecule has 0 spiro atoms. The van der Waals surface area contributed by atoms with Gasteiger partial charge in [-0.3, -0.25) is 38.6 Å². The number of nitrogens with one attached hydrogen (secondary N) is 2. The number of carbonyl (C=O) groups is 7. The molecule has 3 aromatic rings. The lowest BCUT2D eigenvalue weighted by atomic mass is 9.84. The average Bonchev–Trinajstić information content (AvgIpc) is 3.97. The number of hydrogen-bond acceptors (Lipinski definition) is 14. The molecule has 432 valence electrons. The molecule has 1 aliphatic carbocycles. The van der Waals surface area contributed by atoms with E-state index in [0.717, 1.165) is 24.8 Å². The van der Waals surface area contributed by atoms with Crippen LogP contribution in [0.25, 0.3) is 16.9 Å². The second-order valence-corrected chi connectivity index (χ2v) is 20.9. The number of hydrogen-bond donors (Lipinski definition) is 6. The third kappa shape index (κ3) is 20.3. The molecular weight excluding hydrogens is 1010 g/mol. The summed E-state index contributed by atoms with van der Waals surface area (Å²) in [7, 11) is 8.54. The number of carboxylic acid groups (broad SMARTS) is 4. The molecule has 1 fully saturated rings. The average molecular weight is 1090 g/mol. The van der Waals surface area contributed by atoms with Crippen LogP contribution >= 0.6 is 0 Å². The van der Waals surface area contributed by atoms with Crippen molar-refractivity contribution < 1.29 is 63.5 Å². The number of carboxylic acids is 4.